The monoisotopic (exact) mass is 331 g/mol. The summed E-state index contributed by atoms with van der Waals surface area (Å²) in [7, 11) is 2.03. The van der Waals surface area contributed by atoms with Gasteiger partial charge in [0.1, 0.15) is 0 Å². The molecule has 2 aromatic carbocycles. The van der Waals surface area contributed by atoms with Crippen molar-refractivity contribution in [1.29, 1.82) is 0 Å². The van der Waals surface area contributed by atoms with Crippen LogP contribution in [0, 0.1) is 0 Å². The molecule has 4 heteroatoms. The third-order valence-corrected chi connectivity index (χ3v) is 4.01. The van der Waals surface area contributed by atoms with Gasteiger partial charge in [0.25, 0.3) is 5.91 Å². The van der Waals surface area contributed by atoms with Crippen molar-refractivity contribution in [3.8, 4) is 0 Å². The van der Waals surface area contributed by atoms with Crippen LogP contribution in [0.2, 0.25) is 0 Å². The van der Waals surface area contributed by atoms with E-state index in [2.05, 4.69) is 27.3 Å². The summed E-state index contributed by atoms with van der Waals surface area (Å²) in [5.41, 5.74) is 3.94. The third-order valence-electron chi connectivity index (χ3n) is 4.01. The first kappa shape index (κ1) is 16.7. The predicted molar refractivity (Wildman–Crippen MR) is 100 cm³/mol. The Bertz CT molecular complexity index is 819. The highest BCUT2D eigenvalue weighted by atomic mass is 16.1. The van der Waals surface area contributed by atoms with E-state index in [0.29, 0.717) is 12.1 Å². The summed E-state index contributed by atoms with van der Waals surface area (Å²) in [6, 6.07) is 21.8. The van der Waals surface area contributed by atoms with Crippen molar-refractivity contribution in [2.75, 3.05) is 11.9 Å². The number of anilines is 1. The molecule has 126 valence electrons. The fourth-order valence-electron chi connectivity index (χ4n) is 2.62. The zero-order valence-electron chi connectivity index (χ0n) is 14.2. The largest absolute Gasteiger partial charge is 0.370 e. The van der Waals surface area contributed by atoms with Crippen LogP contribution in [-0.2, 0) is 13.1 Å². The van der Waals surface area contributed by atoms with Crippen LogP contribution in [-0.4, -0.2) is 17.9 Å². The summed E-state index contributed by atoms with van der Waals surface area (Å²) in [6.07, 6.45) is 3.45. The number of aromatic nitrogens is 1. The highest BCUT2D eigenvalue weighted by Crippen LogP contribution is 2.17. The quantitative estimate of drug-likeness (QED) is 0.750. The minimum absolute atomic E-state index is 0.0771. The molecule has 25 heavy (non-hydrogen) atoms. The molecule has 0 bridgehead atoms. The van der Waals surface area contributed by atoms with Crippen LogP contribution in [0.3, 0.4) is 0 Å². The van der Waals surface area contributed by atoms with Crippen LogP contribution in [0.4, 0.5) is 5.69 Å². The SMILES string of the molecule is CN(Cc1ccccc1)c1cccc(C(=O)NCc2ccncc2)c1. The van der Waals surface area contributed by atoms with Crippen molar-refractivity contribution in [3.05, 3.63) is 95.8 Å². The maximum absolute atomic E-state index is 12.4. The van der Waals surface area contributed by atoms with Gasteiger partial charge >= 0.3 is 0 Å². The second kappa shape index (κ2) is 8.11. The third kappa shape index (κ3) is 4.67. The van der Waals surface area contributed by atoms with E-state index < -0.39 is 0 Å². The molecule has 1 heterocycles. The van der Waals surface area contributed by atoms with Gasteiger partial charge in [0.05, 0.1) is 0 Å². The van der Waals surface area contributed by atoms with Gasteiger partial charge in [-0.25, -0.2) is 0 Å². The van der Waals surface area contributed by atoms with Crippen molar-refractivity contribution >= 4 is 11.6 Å². The Balaban J connectivity index is 1.65. The van der Waals surface area contributed by atoms with Gasteiger partial charge in [-0.05, 0) is 41.5 Å². The molecule has 3 aromatic rings. The van der Waals surface area contributed by atoms with Gasteiger partial charge in [-0.15, -0.1) is 0 Å². The Kier molecular flexibility index (Phi) is 5.42. The standard InChI is InChI=1S/C21H21N3O/c1-24(16-18-6-3-2-4-7-18)20-9-5-8-19(14-20)21(25)23-15-17-10-12-22-13-11-17/h2-14H,15-16H2,1H3,(H,23,25). The fraction of sp³-hybridized carbons (Fsp3) is 0.143. The molecule has 1 N–H and O–H groups in total. The number of rotatable bonds is 6. The lowest BCUT2D eigenvalue weighted by Crippen LogP contribution is -2.23. The van der Waals surface area contributed by atoms with Crippen molar-refractivity contribution < 1.29 is 4.79 Å². The molecule has 1 amide bonds. The van der Waals surface area contributed by atoms with E-state index in [4.69, 9.17) is 0 Å². The molecule has 0 aliphatic heterocycles. The minimum atomic E-state index is -0.0771. The molecule has 0 atom stereocenters. The summed E-state index contributed by atoms with van der Waals surface area (Å²) in [6.45, 7) is 1.29. The van der Waals surface area contributed by atoms with Crippen molar-refractivity contribution in [2.45, 2.75) is 13.1 Å². The van der Waals surface area contributed by atoms with Crippen LogP contribution in [0.15, 0.2) is 79.1 Å². The Hall–Kier alpha value is -3.14. The number of nitrogens with zero attached hydrogens (tertiary/aromatic N) is 2. The first-order valence-electron chi connectivity index (χ1n) is 8.24. The van der Waals surface area contributed by atoms with Gasteiger partial charge in [-0.1, -0.05) is 36.4 Å². The van der Waals surface area contributed by atoms with Crippen LogP contribution < -0.4 is 10.2 Å². The Morgan fingerprint density at radius 3 is 2.48 bits per heavy atom. The molecule has 0 aliphatic carbocycles. The van der Waals surface area contributed by atoms with Gasteiger partial charge in [0.2, 0.25) is 0 Å². The molecule has 0 saturated heterocycles. The highest BCUT2D eigenvalue weighted by molar-refractivity contribution is 5.95. The van der Waals surface area contributed by atoms with E-state index in [1.54, 1.807) is 12.4 Å². The lowest BCUT2D eigenvalue weighted by Gasteiger charge is -2.20. The van der Waals surface area contributed by atoms with E-state index in [9.17, 15) is 4.79 Å². The van der Waals surface area contributed by atoms with Gasteiger partial charge in [0.15, 0.2) is 0 Å². The fourth-order valence-corrected chi connectivity index (χ4v) is 2.62. The number of carbonyl (C=O) groups excluding carboxylic acids is 1. The van der Waals surface area contributed by atoms with Gasteiger partial charge in [0, 0.05) is 43.8 Å². The van der Waals surface area contributed by atoms with Crippen LogP contribution in [0.5, 0.6) is 0 Å². The molecule has 0 saturated carbocycles. The molecular formula is C21H21N3O. The summed E-state index contributed by atoms with van der Waals surface area (Å²) < 4.78 is 0. The summed E-state index contributed by atoms with van der Waals surface area (Å²) >= 11 is 0. The Labute approximate surface area is 148 Å². The van der Waals surface area contributed by atoms with Gasteiger partial charge in [-0.2, -0.15) is 0 Å². The van der Waals surface area contributed by atoms with E-state index in [1.807, 2.05) is 61.6 Å². The number of carbonyl (C=O) groups is 1. The smallest absolute Gasteiger partial charge is 0.251 e. The normalized spacial score (nSPS) is 10.3. The second-order valence-electron chi connectivity index (χ2n) is 5.93. The van der Waals surface area contributed by atoms with Crippen molar-refractivity contribution in [1.82, 2.24) is 10.3 Å². The molecule has 4 nitrogen and oxygen atoms in total. The molecule has 0 fully saturated rings. The number of benzene rings is 2. The van der Waals surface area contributed by atoms with Gasteiger partial charge < -0.3 is 10.2 Å². The first-order chi connectivity index (χ1) is 12.2. The topological polar surface area (TPSA) is 45.2 Å². The van der Waals surface area contributed by atoms with Crippen LogP contribution in [0.1, 0.15) is 21.5 Å². The van der Waals surface area contributed by atoms with Gasteiger partial charge in [-0.3, -0.25) is 9.78 Å². The average molecular weight is 331 g/mol. The molecule has 0 aliphatic rings. The lowest BCUT2D eigenvalue weighted by atomic mass is 10.1. The average Bonchev–Trinajstić information content (AvgIpc) is 2.68. The predicted octanol–water partition coefficient (Wildman–Crippen LogP) is 3.65. The highest BCUT2D eigenvalue weighted by Gasteiger charge is 2.08. The maximum Gasteiger partial charge on any atom is 0.251 e. The summed E-state index contributed by atoms with van der Waals surface area (Å²) in [4.78, 5) is 18.5. The zero-order chi connectivity index (χ0) is 17.5. The van der Waals surface area contributed by atoms with Crippen molar-refractivity contribution in [2.24, 2.45) is 0 Å². The molecule has 0 radical (unpaired) electrons. The van der Waals surface area contributed by atoms with E-state index in [0.717, 1.165) is 17.8 Å². The molecule has 1 aromatic heterocycles. The van der Waals surface area contributed by atoms with E-state index in [-0.39, 0.29) is 5.91 Å². The summed E-state index contributed by atoms with van der Waals surface area (Å²) in [5, 5.41) is 2.95. The van der Waals surface area contributed by atoms with E-state index >= 15 is 0 Å². The Morgan fingerprint density at radius 2 is 1.72 bits per heavy atom. The number of pyridine rings is 1. The van der Waals surface area contributed by atoms with Crippen molar-refractivity contribution in [3.63, 3.8) is 0 Å². The molecule has 0 unspecified atom stereocenters. The molecule has 0 spiro atoms. The maximum atomic E-state index is 12.4. The Morgan fingerprint density at radius 1 is 0.960 bits per heavy atom. The van der Waals surface area contributed by atoms with E-state index in [1.165, 1.54) is 5.56 Å². The zero-order valence-corrected chi connectivity index (χ0v) is 14.2. The molecular weight excluding hydrogens is 310 g/mol. The van der Waals surface area contributed by atoms with Crippen LogP contribution >= 0.6 is 0 Å². The summed E-state index contributed by atoms with van der Waals surface area (Å²) in [5.74, 6) is -0.0771. The minimum Gasteiger partial charge on any atom is -0.370 e. The second-order valence-corrected chi connectivity index (χ2v) is 5.93. The lowest BCUT2D eigenvalue weighted by molar-refractivity contribution is 0.0951. The number of hydrogen-bond acceptors (Lipinski definition) is 3. The number of hydrogen-bond donors (Lipinski definition) is 1. The number of amides is 1. The molecule has 3 rings (SSSR count). The number of nitrogens with one attached hydrogen (secondary N) is 1. The first-order valence-corrected chi connectivity index (χ1v) is 8.24. The van der Waals surface area contributed by atoms with Crippen LogP contribution in [0.25, 0.3) is 0 Å².